The zero-order chi connectivity index (χ0) is 22.7. The lowest BCUT2D eigenvalue weighted by Crippen LogP contribution is -2.52. The van der Waals surface area contributed by atoms with Gasteiger partial charge < -0.3 is 4.12 Å². The van der Waals surface area contributed by atoms with Crippen molar-refractivity contribution in [1.82, 2.24) is 0 Å². The van der Waals surface area contributed by atoms with E-state index in [1.54, 1.807) is 0 Å². The Bertz CT molecular complexity index is 816. The number of hydrogen-bond donors (Lipinski definition) is 0. The Hall–Kier alpha value is -1.68. The van der Waals surface area contributed by atoms with Crippen LogP contribution in [0, 0.1) is 11.3 Å². The molecule has 4 heteroatoms. The third-order valence-corrected chi connectivity index (χ3v) is 18.0. The Balaban J connectivity index is 2.19. The molecule has 0 aromatic heterocycles. The largest absolute Gasteiger partial charge is 0.455 e. The number of rotatable bonds is 13. The SMILES string of the molecule is CCCCC[Si](CC)(CC)O[Si](CC)(CC)Cc1ccc(-c2ccc(C#N)cc2)cc1. The van der Waals surface area contributed by atoms with E-state index in [1.165, 1.54) is 60.6 Å². The van der Waals surface area contributed by atoms with Gasteiger partial charge in [-0.2, -0.15) is 5.26 Å². The standard InChI is InChI=1S/C27H41NOSi2/c1-6-11-12-21-30(7-2,8-3)29-31(9-4,10-5)23-25-15-19-27(20-16-25)26-17-13-24(22-28)14-18-26/h13-20H,6-12,21,23H2,1-5H3. The first-order chi connectivity index (χ1) is 15.0. The molecule has 0 radical (unpaired) electrons. The maximum Gasteiger partial charge on any atom is 0.183 e. The maximum absolute atomic E-state index is 9.01. The van der Waals surface area contributed by atoms with Crippen LogP contribution in [0.15, 0.2) is 48.5 Å². The second-order valence-electron chi connectivity index (χ2n) is 8.90. The van der Waals surface area contributed by atoms with Crippen LogP contribution in [0.2, 0.25) is 30.2 Å². The van der Waals surface area contributed by atoms with E-state index in [-0.39, 0.29) is 0 Å². The molecule has 0 saturated heterocycles. The molecule has 0 aliphatic rings. The van der Waals surface area contributed by atoms with Gasteiger partial charge >= 0.3 is 0 Å². The van der Waals surface area contributed by atoms with Gasteiger partial charge in [-0.25, -0.2) is 0 Å². The van der Waals surface area contributed by atoms with Crippen LogP contribution in [0.5, 0.6) is 0 Å². The van der Waals surface area contributed by atoms with Gasteiger partial charge in [-0.05, 0) is 65.1 Å². The molecule has 0 bridgehead atoms. The normalized spacial score (nSPS) is 12.0. The van der Waals surface area contributed by atoms with Crippen LogP contribution in [-0.2, 0) is 10.2 Å². The van der Waals surface area contributed by atoms with Crippen LogP contribution >= 0.6 is 0 Å². The molecule has 0 aliphatic heterocycles. The van der Waals surface area contributed by atoms with E-state index < -0.39 is 16.6 Å². The van der Waals surface area contributed by atoms with E-state index in [1.807, 2.05) is 24.3 Å². The molecule has 0 amide bonds. The highest BCUT2D eigenvalue weighted by atomic mass is 28.4. The van der Waals surface area contributed by atoms with Crippen molar-refractivity contribution in [2.24, 2.45) is 0 Å². The fourth-order valence-electron chi connectivity index (χ4n) is 4.56. The van der Waals surface area contributed by atoms with Crippen molar-refractivity contribution in [2.75, 3.05) is 0 Å². The predicted octanol–water partition coefficient (Wildman–Crippen LogP) is 8.48. The molecule has 2 rings (SSSR count). The molecule has 168 valence electrons. The molecule has 0 N–H and O–H groups in total. The van der Waals surface area contributed by atoms with Crippen molar-refractivity contribution >= 4 is 16.6 Å². The second kappa shape index (κ2) is 12.4. The predicted molar refractivity (Wildman–Crippen MR) is 139 cm³/mol. The summed E-state index contributed by atoms with van der Waals surface area (Å²) in [6, 6.07) is 26.4. The fourth-order valence-corrected chi connectivity index (χ4v) is 15.3. The second-order valence-corrected chi connectivity index (χ2v) is 18.1. The third kappa shape index (κ3) is 6.90. The summed E-state index contributed by atoms with van der Waals surface area (Å²) >= 11 is 0. The highest BCUT2D eigenvalue weighted by Gasteiger charge is 2.41. The quantitative estimate of drug-likeness (QED) is 0.226. The first-order valence-electron chi connectivity index (χ1n) is 12.3. The van der Waals surface area contributed by atoms with E-state index in [4.69, 9.17) is 9.38 Å². The lowest BCUT2D eigenvalue weighted by atomic mass is 10.0. The summed E-state index contributed by atoms with van der Waals surface area (Å²) in [7, 11) is -3.45. The average Bonchev–Trinajstić information content (AvgIpc) is 2.83. The highest BCUT2D eigenvalue weighted by molar-refractivity contribution is 6.86. The molecule has 0 aliphatic carbocycles. The molecular formula is C27H41NOSi2. The summed E-state index contributed by atoms with van der Waals surface area (Å²) in [6.45, 7) is 11.8. The Morgan fingerprint density at radius 2 is 1.23 bits per heavy atom. The van der Waals surface area contributed by atoms with Crippen molar-refractivity contribution in [1.29, 1.82) is 5.26 Å². The lowest BCUT2D eigenvalue weighted by molar-refractivity contribution is 0.499. The van der Waals surface area contributed by atoms with Crippen molar-refractivity contribution in [3.63, 3.8) is 0 Å². The first kappa shape index (κ1) is 25.6. The van der Waals surface area contributed by atoms with Crippen LogP contribution < -0.4 is 0 Å². The van der Waals surface area contributed by atoms with Gasteiger partial charge in [-0.1, -0.05) is 90.3 Å². The number of hydrogen-bond acceptors (Lipinski definition) is 2. The summed E-state index contributed by atoms with van der Waals surface area (Å²) in [6.07, 6.45) is 3.96. The molecule has 0 saturated carbocycles. The average molecular weight is 452 g/mol. The number of unbranched alkanes of at least 4 members (excludes halogenated alkanes) is 2. The summed E-state index contributed by atoms with van der Waals surface area (Å²) in [5.41, 5.74) is 4.49. The van der Waals surface area contributed by atoms with E-state index in [0.717, 1.165) is 11.6 Å². The molecule has 0 fully saturated rings. The van der Waals surface area contributed by atoms with E-state index in [0.29, 0.717) is 5.56 Å². The van der Waals surface area contributed by atoms with Gasteiger partial charge in [-0.3, -0.25) is 0 Å². The number of nitriles is 1. The van der Waals surface area contributed by atoms with E-state index >= 15 is 0 Å². The molecular weight excluding hydrogens is 410 g/mol. The van der Waals surface area contributed by atoms with Crippen molar-refractivity contribution in [2.45, 2.75) is 90.1 Å². The summed E-state index contributed by atoms with van der Waals surface area (Å²) < 4.78 is 7.36. The monoisotopic (exact) mass is 451 g/mol. The molecule has 31 heavy (non-hydrogen) atoms. The Kier molecular flexibility index (Phi) is 10.2. The van der Waals surface area contributed by atoms with Gasteiger partial charge in [0, 0.05) is 0 Å². The van der Waals surface area contributed by atoms with Gasteiger partial charge in [0.1, 0.15) is 0 Å². The van der Waals surface area contributed by atoms with Crippen LogP contribution in [0.4, 0.5) is 0 Å². The summed E-state index contributed by atoms with van der Waals surface area (Å²) in [5.74, 6) is 0. The Morgan fingerprint density at radius 3 is 1.68 bits per heavy atom. The minimum absolute atomic E-state index is 0.706. The molecule has 2 nitrogen and oxygen atoms in total. The summed E-state index contributed by atoms with van der Waals surface area (Å²) in [5, 5.41) is 9.01. The molecule has 2 aromatic carbocycles. The molecule has 0 unspecified atom stereocenters. The first-order valence-corrected chi connectivity index (χ1v) is 17.3. The van der Waals surface area contributed by atoms with Crippen molar-refractivity contribution < 1.29 is 4.12 Å². The smallest absolute Gasteiger partial charge is 0.183 e. The van der Waals surface area contributed by atoms with Gasteiger partial charge in [0.2, 0.25) is 0 Å². The lowest BCUT2D eigenvalue weighted by Gasteiger charge is -2.41. The number of nitrogens with zero attached hydrogens (tertiary/aromatic N) is 1. The van der Waals surface area contributed by atoms with Crippen LogP contribution in [0.1, 0.15) is 65.0 Å². The molecule has 2 aromatic rings. The number of benzene rings is 2. The minimum Gasteiger partial charge on any atom is -0.455 e. The molecule has 0 spiro atoms. The highest BCUT2D eigenvalue weighted by Crippen LogP contribution is 2.34. The van der Waals surface area contributed by atoms with Gasteiger partial charge in [0.05, 0.1) is 11.6 Å². The Morgan fingerprint density at radius 1 is 0.710 bits per heavy atom. The van der Waals surface area contributed by atoms with Gasteiger partial charge in [0.15, 0.2) is 16.6 Å². The van der Waals surface area contributed by atoms with Crippen molar-refractivity contribution in [3.05, 3.63) is 59.7 Å². The Labute approximate surface area is 192 Å². The topological polar surface area (TPSA) is 33.0 Å². The van der Waals surface area contributed by atoms with Gasteiger partial charge in [0.25, 0.3) is 0 Å². The third-order valence-electron chi connectivity index (χ3n) is 7.07. The minimum atomic E-state index is -1.81. The molecule has 0 atom stereocenters. The van der Waals surface area contributed by atoms with Crippen molar-refractivity contribution in [3.8, 4) is 17.2 Å². The van der Waals surface area contributed by atoms with E-state index in [9.17, 15) is 0 Å². The summed E-state index contributed by atoms with van der Waals surface area (Å²) in [4.78, 5) is 0. The zero-order valence-corrected chi connectivity index (χ0v) is 22.3. The van der Waals surface area contributed by atoms with Crippen LogP contribution in [0.3, 0.4) is 0 Å². The van der Waals surface area contributed by atoms with Gasteiger partial charge in [-0.15, -0.1) is 0 Å². The fraction of sp³-hybridized carbons (Fsp3) is 0.519. The zero-order valence-electron chi connectivity index (χ0n) is 20.3. The van der Waals surface area contributed by atoms with Crippen LogP contribution in [0.25, 0.3) is 11.1 Å². The van der Waals surface area contributed by atoms with Crippen LogP contribution in [-0.4, -0.2) is 16.6 Å². The maximum atomic E-state index is 9.01. The molecule has 0 heterocycles. The van der Waals surface area contributed by atoms with E-state index in [2.05, 4.69) is 65.0 Å².